The molecule has 0 aliphatic rings. The highest BCUT2D eigenvalue weighted by Gasteiger charge is 2.04. The van der Waals surface area contributed by atoms with Crippen LogP contribution in [0.3, 0.4) is 0 Å². The van der Waals surface area contributed by atoms with Crippen LogP contribution in [0.25, 0.3) is 0 Å². The third-order valence-corrected chi connectivity index (χ3v) is 1.90. The summed E-state index contributed by atoms with van der Waals surface area (Å²) in [7, 11) is 0. The molecule has 0 aliphatic heterocycles. The lowest BCUT2D eigenvalue weighted by Crippen LogP contribution is -2.05. The van der Waals surface area contributed by atoms with Gasteiger partial charge in [-0.1, -0.05) is 49.1 Å². The largest absolute Gasteiger partial charge is 0.457 e. The molecule has 0 heterocycles. The van der Waals surface area contributed by atoms with Crippen molar-refractivity contribution in [3.05, 3.63) is 60.2 Å². The van der Waals surface area contributed by atoms with E-state index in [1.165, 1.54) is 0 Å². The van der Waals surface area contributed by atoms with Gasteiger partial charge >= 0.3 is 5.97 Å². The van der Waals surface area contributed by atoms with Crippen LogP contribution < -0.4 is 0 Å². The van der Waals surface area contributed by atoms with Gasteiger partial charge in [0.25, 0.3) is 0 Å². The number of hydrogen-bond donors (Lipinski definition) is 0. The molecule has 0 fully saturated rings. The Morgan fingerprint density at radius 2 is 2.07 bits per heavy atom. The Hall–Kier alpha value is -1.83. The Morgan fingerprint density at radius 3 is 2.67 bits per heavy atom. The highest BCUT2D eigenvalue weighted by Crippen LogP contribution is 2.03. The summed E-state index contributed by atoms with van der Waals surface area (Å²) in [5.41, 5.74) is 1.54. The van der Waals surface area contributed by atoms with Gasteiger partial charge in [-0.2, -0.15) is 0 Å². The topological polar surface area (TPSA) is 26.3 Å². The first-order valence-corrected chi connectivity index (χ1v) is 4.74. The van der Waals surface area contributed by atoms with Gasteiger partial charge in [-0.05, 0) is 12.5 Å². The number of carbonyl (C=O) groups is 1. The molecule has 0 bridgehead atoms. The van der Waals surface area contributed by atoms with Gasteiger partial charge in [-0.3, -0.25) is 0 Å². The highest BCUT2D eigenvalue weighted by atomic mass is 16.5. The molecule has 0 unspecified atom stereocenters. The molecule has 0 N–H and O–H groups in total. The fourth-order valence-electron chi connectivity index (χ4n) is 1.08. The van der Waals surface area contributed by atoms with Crippen LogP contribution in [0.1, 0.15) is 12.5 Å². The van der Waals surface area contributed by atoms with E-state index in [0.717, 1.165) is 5.56 Å². The number of rotatable bonds is 4. The van der Waals surface area contributed by atoms with E-state index in [1.807, 2.05) is 30.3 Å². The van der Waals surface area contributed by atoms with E-state index < -0.39 is 0 Å². The molecule has 1 aromatic rings. The summed E-state index contributed by atoms with van der Waals surface area (Å²) < 4.78 is 5.09. The van der Waals surface area contributed by atoms with Gasteiger partial charge in [0.15, 0.2) is 0 Å². The number of hydrogen-bond acceptors (Lipinski definition) is 2. The van der Waals surface area contributed by atoms with Gasteiger partial charge in [0.1, 0.15) is 6.61 Å². The maximum atomic E-state index is 11.4. The van der Waals surface area contributed by atoms with Crippen molar-refractivity contribution in [1.82, 2.24) is 0 Å². The molecule has 2 heteroatoms. The number of ether oxygens (including phenoxy) is 1. The van der Waals surface area contributed by atoms with Crippen LogP contribution in [0.4, 0.5) is 0 Å². The van der Waals surface area contributed by atoms with Crippen LogP contribution in [0, 0.1) is 0 Å². The second-order valence-corrected chi connectivity index (χ2v) is 3.15. The van der Waals surface area contributed by atoms with Gasteiger partial charge in [0.2, 0.25) is 0 Å². The Balaban J connectivity index is 2.48. The summed E-state index contributed by atoms with van der Waals surface area (Å²) in [6.07, 6.45) is 3.20. The predicted molar refractivity (Wildman–Crippen MR) is 60.2 cm³/mol. The van der Waals surface area contributed by atoms with E-state index in [2.05, 4.69) is 6.58 Å². The van der Waals surface area contributed by atoms with Crippen molar-refractivity contribution < 1.29 is 9.53 Å². The first-order chi connectivity index (χ1) is 7.24. The van der Waals surface area contributed by atoms with Crippen LogP contribution in [0.15, 0.2) is 54.6 Å². The summed E-state index contributed by atoms with van der Waals surface area (Å²) in [4.78, 5) is 11.4. The molecule has 0 amide bonds. The van der Waals surface area contributed by atoms with E-state index in [9.17, 15) is 4.79 Å². The molecule has 2 nitrogen and oxygen atoms in total. The second kappa shape index (κ2) is 5.81. The third-order valence-electron chi connectivity index (χ3n) is 1.90. The monoisotopic (exact) mass is 202 g/mol. The van der Waals surface area contributed by atoms with Crippen molar-refractivity contribution in [3.63, 3.8) is 0 Å². The van der Waals surface area contributed by atoms with Crippen LogP contribution >= 0.6 is 0 Å². The van der Waals surface area contributed by atoms with Crippen LogP contribution in [-0.4, -0.2) is 5.97 Å². The second-order valence-electron chi connectivity index (χ2n) is 3.15. The van der Waals surface area contributed by atoms with Gasteiger partial charge < -0.3 is 4.74 Å². The number of carbonyl (C=O) groups excluding carboxylic acids is 1. The normalized spacial score (nSPS) is 10.9. The van der Waals surface area contributed by atoms with Crippen molar-refractivity contribution in [3.8, 4) is 0 Å². The Kier molecular flexibility index (Phi) is 4.35. The van der Waals surface area contributed by atoms with Crippen molar-refractivity contribution in [1.29, 1.82) is 0 Å². The molecule has 0 aliphatic carbocycles. The average Bonchev–Trinajstić information content (AvgIpc) is 2.27. The first-order valence-electron chi connectivity index (χ1n) is 4.74. The molecule has 0 saturated heterocycles. The summed E-state index contributed by atoms with van der Waals surface area (Å²) in [6, 6.07) is 9.58. The van der Waals surface area contributed by atoms with Crippen molar-refractivity contribution in [2.75, 3.05) is 0 Å². The molecular weight excluding hydrogens is 188 g/mol. The fraction of sp³-hybridized carbons (Fsp3) is 0.154. The van der Waals surface area contributed by atoms with Gasteiger partial charge in [0.05, 0.1) is 0 Å². The summed E-state index contributed by atoms with van der Waals surface area (Å²) in [5, 5.41) is 0. The maximum absolute atomic E-state index is 11.4. The number of allylic oxidation sites excluding steroid dienone is 2. The molecule has 15 heavy (non-hydrogen) atoms. The molecule has 0 saturated carbocycles. The third kappa shape index (κ3) is 3.81. The minimum Gasteiger partial charge on any atom is -0.457 e. The first kappa shape index (κ1) is 11.2. The fourth-order valence-corrected chi connectivity index (χ4v) is 1.08. The molecular formula is C13H14O2. The highest BCUT2D eigenvalue weighted by molar-refractivity contribution is 5.88. The molecule has 78 valence electrons. The van der Waals surface area contributed by atoms with Crippen LogP contribution in [0.5, 0.6) is 0 Å². The molecule has 0 atom stereocenters. The summed E-state index contributed by atoms with van der Waals surface area (Å²) >= 11 is 0. The van der Waals surface area contributed by atoms with E-state index in [-0.39, 0.29) is 5.97 Å². The number of benzene rings is 1. The van der Waals surface area contributed by atoms with Crippen LogP contribution in [-0.2, 0) is 16.1 Å². The SMILES string of the molecule is C=C/C=C(\C)C(=O)OCc1ccccc1. The Labute approximate surface area is 89.9 Å². The zero-order valence-electron chi connectivity index (χ0n) is 8.77. The lowest BCUT2D eigenvalue weighted by Gasteiger charge is -2.04. The van der Waals surface area contributed by atoms with E-state index in [1.54, 1.807) is 19.1 Å². The van der Waals surface area contributed by atoms with E-state index in [0.29, 0.717) is 12.2 Å². The van der Waals surface area contributed by atoms with Gasteiger partial charge in [-0.25, -0.2) is 4.79 Å². The minimum atomic E-state index is -0.307. The molecule has 0 aromatic heterocycles. The van der Waals surface area contributed by atoms with Crippen molar-refractivity contribution in [2.45, 2.75) is 13.5 Å². The zero-order valence-corrected chi connectivity index (χ0v) is 8.77. The van der Waals surface area contributed by atoms with Crippen molar-refractivity contribution in [2.24, 2.45) is 0 Å². The zero-order chi connectivity index (χ0) is 11.1. The predicted octanol–water partition coefficient (Wildman–Crippen LogP) is 2.86. The van der Waals surface area contributed by atoms with E-state index >= 15 is 0 Å². The van der Waals surface area contributed by atoms with Crippen LogP contribution in [0.2, 0.25) is 0 Å². The maximum Gasteiger partial charge on any atom is 0.334 e. The minimum absolute atomic E-state index is 0.307. The summed E-state index contributed by atoms with van der Waals surface area (Å²) in [6.45, 7) is 5.53. The Bertz CT molecular complexity index is 363. The molecule has 1 rings (SSSR count). The summed E-state index contributed by atoms with van der Waals surface area (Å²) in [5.74, 6) is -0.307. The van der Waals surface area contributed by atoms with Gasteiger partial charge in [-0.15, -0.1) is 0 Å². The smallest absolute Gasteiger partial charge is 0.334 e. The van der Waals surface area contributed by atoms with E-state index in [4.69, 9.17) is 4.74 Å². The van der Waals surface area contributed by atoms with Crippen molar-refractivity contribution >= 4 is 5.97 Å². The standard InChI is InChI=1S/C13H14O2/c1-3-7-11(2)13(14)15-10-12-8-5-4-6-9-12/h3-9H,1,10H2,2H3/b11-7+. The average molecular weight is 202 g/mol. The number of esters is 1. The Morgan fingerprint density at radius 1 is 1.40 bits per heavy atom. The molecule has 0 spiro atoms. The molecule has 0 radical (unpaired) electrons. The van der Waals surface area contributed by atoms with Gasteiger partial charge in [0, 0.05) is 5.57 Å². The lowest BCUT2D eigenvalue weighted by molar-refractivity contribution is -0.140. The quantitative estimate of drug-likeness (QED) is 0.426. The molecule has 1 aromatic carbocycles. The lowest BCUT2D eigenvalue weighted by atomic mass is 10.2.